The summed E-state index contributed by atoms with van der Waals surface area (Å²) in [5, 5.41) is 0. The highest BCUT2D eigenvalue weighted by atomic mass is 31.1. The van der Waals surface area contributed by atoms with Gasteiger partial charge in [0.05, 0.1) is 0 Å². The van der Waals surface area contributed by atoms with Crippen molar-refractivity contribution < 1.29 is 53.9 Å². The molecule has 0 aliphatic heterocycles. The largest absolute Gasteiger partial charge is 0.326 e. The van der Waals surface area contributed by atoms with Gasteiger partial charge in [0.25, 0.3) is 0 Å². The quantitative estimate of drug-likeness (QED) is 0.411. The Kier molecular flexibility index (Phi) is 13.5. The minimum absolute atomic E-state index is 0.0353. The van der Waals surface area contributed by atoms with Crippen LogP contribution in [0.25, 0.3) is 0 Å². The van der Waals surface area contributed by atoms with Gasteiger partial charge >= 0.3 is 8.25 Å². The fourth-order valence-electron chi connectivity index (χ4n) is 2.63. The van der Waals surface area contributed by atoms with Gasteiger partial charge in [0.2, 0.25) is 0 Å². The normalized spacial score (nSPS) is 42.1. The lowest BCUT2D eigenvalue weighted by Gasteiger charge is -2.26. The van der Waals surface area contributed by atoms with Gasteiger partial charge in [-0.2, -0.15) is 0 Å². The maximum atomic E-state index is 13.5. The Morgan fingerprint density at radius 2 is 0.929 bits per heavy atom. The molecule has 13 heteroatoms. The monoisotopic (exact) mass is 454 g/mol. The maximum Gasteiger partial charge on any atom is 0.314 e. The van der Waals surface area contributed by atoms with Crippen molar-refractivity contribution in [2.45, 2.75) is 94.1 Å². The molecule has 170 valence electrons. The van der Waals surface area contributed by atoms with Crippen molar-refractivity contribution in [3.05, 3.63) is 0 Å². The van der Waals surface area contributed by atoms with E-state index in [2.05, 4.69) is 0 Å². The molecule has 2 N–H and O–H groups in total. The summed E-state index contributed by atoms with van der Waals surface area (Å²) in [4.78, 5) is 14.3. The lowest BCUT2D eigenvalue weighted by atomic mass is 9.96. The van der Waals surface area contributed by atoms with Crippen LogP contribution in [0.2, 0.25) is 0 Å². The summed E-state index contributed by atoms with van der Waals surface area (Å²) in [6.45, 7) is 0. The van der Waals surface area contributed by atoms with Crippen molar-refractivity contribution >= 4 is 8.25 Å². The van der Waals surface area contributed by atoms with E-state index in [0.717, 1.165) is 0 Å². The molecule has 1 aliphatic rings. The third kappa shape index (κ3) is 9.82. The highest BCUT2D eigenvalue weighted by molar-refractivity contribution is 7.30. The highest BCUT2D eigenvalue weighted by Crippen LogP contribution is 2.30. The molecule has 1 fully saturated rings. The Bertz CT molecular complexity index is 447. The molecule has 0 bridgehead atoms. The van der Waals surface area contributed by atoms with Crippen LogP contribution in [0, 0.1) is 0 Å². The Hall–Kier alpha value is -0.480. The van der Waals surface area contributed by atoms with Crippen molar-refractivity contribution in [1.82, 2.24) is 0 Å². The van der Waals surface area contributed by atoms with Crippen LogP contribution >= 0.6 is 8.25 Å². The summed E-state index contributed by atoms with van der Waals surface area (Å²) in [5.74, 6) is 0. The van der Waals surface area contributed by atoms with Gasteiger partial charge < -0.3 is 9.79 Å². The maximum absolute atomic E-state index is 13.5. The predicted molar refractivity (Wildman–Crippen MR) is 85.2 cm³/mol. The summed E-state index contributed by atoms with van der Waals surface area (Å²) < 4.78 is 130. The van der Waals surface area contributed by atoms with E-state index in [1.54, 1.807) is 0 Å². The van der Waals surface area contributed by atoms with Gasteiger partial charge in [-0.05, 0) is 12.8 Å². The second kappa shape index (κ2) is 13.7. The molecule has 28 heavy (non-hydrogen) atoms. The number of hydrogen-bond acceptors (Lipinski definition) is 1. The molecule has 1 aliphatic carbocycles. The first kappa shape index (κ1) is 27.5. The van der Waals surface area contributed by atoms with E-state index >= 15 is 0 Å². The van der Waals surface area contributed by atoms with Gasteiger partial charge in [-0.25, -0.2) is 39.5 Å². The SMILES string of the molecule is FC1CCCCCC(F)C(F)C(F)C(F)C(F)C(F)C(F)C(F)C1.O=[PH](O)O. The van der Waals surface area contributed by atoms with Crippen LogP contribution in [-0.2, 0) is 4.57 Å². The summed E-state index contributed by atoms with van der Waals surface area (Å²) >= 11 is 0. The number of alkyl halides is 9. The van der Waals surface area contributed by atoms with Crippen LogP contribution in [-0.4, -0.2) is 65.3 Å². The van der Waals surface area contributed by atoms with E-state index in [1.165, 1.54) is 0 Å². The molecule has 0 aromatic carbocycles. The minimum atomic E-state index is -3.53. The average Bonchev–Trinajstić information content (AvgIpc) is 2.62. The van der Waals surface area contributed by atoms with E-state index < -0.39 is 76.6 Å². The summed E-state index contributed by atoms with van der Waals surface area (Å²) in [5.41, 5.74) is 0. The van der Waals surface area contributed by atoms with Gasteiger partial charge in [-0.15, -0.1) is 0 Å². The van der Waals surface area contributed by atoms with E-state index in [9.17, 15) is 39.5 Å². The molecule has 0 amide bonds. The molecular formula is C15H24F9O3P. The molecule has 1 saturated carbocycles. The molecule has 0 saturated heterocycles. The third-order valence-electron chi connectivity index (χ3n) is 4.19. The van der Waals surface area contributed by atoms with Gasteiger partial charge in [-0.3, -0.25) is 4.57 Å². The van der Waals surface area contributed by atoms with Crippen molar-refractivity contribution in [3.8, 4) is 0 Å². The Morgan fingerprint density at radius 3 is 1.39 bits per heavy atom. The zero-order chi connectivity index (χ0) is 22.0. The zero-order valence-electron chi connectivity index (χ0n) is 14.6. The molecule has 0 aromatic heterocycles. The Labute approximate surface area is 157 Å². The average molecular weight is 454 g/mol. The summed E-state index contributed by atoms with van der Waals surface area (Å²) in [6.07, 6.45) is -28.5. The van der Waals surface area contributed by atoms with Gasteiger partial charge in [0, 0.05) is 6.42 Å². The highest BCUT2D eigenvalue weighted by Gasteiger charge is 2.47. The molecule has 9 atom stereocenters. The number of rotatable bonds is 0. The Morgan fingerprint density at radius 1 is 0.571 bits per heavy atom. The second-order valence-electron chi connectivity index (χ2n) is 6.45. The summed E-state index contributed by atoms with van der Waals surface area (Å²) in [6, 6.07) is 0. The van der Waals surface area contributed by atoms with Crippen LogP contribution < -0.4 is 0 Å². The smallest absolute Gasteiger partial charge is 0.314 e. The van der Waals surface area contributed by atoms with E-state index in [-0.39, 0.29) is 25.7 Å². The first-order chi connectivity index (χ1) is 12.9. The lowest BCUT2D eigenvalue weighted by Crippen LogP contribution is -2.47. The molecular weight excluding hydrogens is 430 g/mol. The predicted octanol–water partition coefficient (Wildman–Crippen LogP) is 4.74. The Balaban J connectivity index is 0.00000165. The third-order valence-corrected chi connectivity index (χ3v) is 4.19. The molecule has 0 spiro atoms. The topological polar surface area (TPSA) is 57.5 Å². The first-order valence-electron chi connectivity index (χ1n) is 8.58. The van der Waals surface area contributed by atoms with Crippen LogP contribution in [0.4, 0.5) is 39.5 Å². The van der Waals surface area contributed by atoms with Gasteiger partial charge in [0.1, 0.15) is 18.5 Å². The lowest BCUT2D eigenvalue weighted by molar-refractivity contribution is -0.0488. The van der Waals surface area contributed by atoms with Crippen molar-refractivity contribution in [1.29, 1.82) is 0 Å². The van der Waals surface area contributed by atoms with Crippen molar-refractivity contribution in [2.24, 2.45) is 0 Å². The molecule has 0 heterocycles. The van der Waals surface area contributed by atoms with Crippen LogP contribution in [0.15, 0.2) is 0 Å². The van der Waals surface area contributed by atoms with Crippen LogP contribution in [0.1, 0.15) is 38.5 Å². The molecule has 0 radical (unpaired) electrons. The van der Waals surface area contributed by atoms with E-state index in [0.29, 0.717) is 0 Å². The molecule has 9 unspecified atom stereocenters. The molecule has 3 nitrogen and oxygen atoms in total. The van der Waals surface area contributed by atoms with Crippen LogP contribution in [0.3, 0.4) is 0 Å². The summed E-state index contributed by atoms with van der Waals surface area (Å²) in [7, 11) is -3.13. The standard InChI is InChI=1S/C15H21F9.H3O3P/c16-7-4-2-1-3-5-8(17)10(19)12(21)14(23)15(24)13(22)11(20)9(18)6-7;1-4(2)3/h7-15H,1-6H2;4H,(H2,1,2,3). The number of hydrogen-bond donors (Lipinski definition) is 2. The second-order valence-corrected chi connectivity index (χ2v) is 7.02. The molecule has 1 rings (SSSR count). The number of halogens is 9. The first-order valence-corrected chi connectivity index (χ1v) is 9.88. The van der Waals surface area contributed by atoms with Crippen molar-refractivity contribution in [2.75, 3.05) is 0 Å². The fourth-order valence-corrected chi connectivity index (χ4v) is 2.63. The fraction of sp³-hybridized carbons (Fsp3) is 1.00. The van der Waals surface area contributed by atoms with E-state index in [4.69, 9.17) is 14.4 Å². The van der Waals surface area contributed by atoms with Gasteiger partial charge in [-0.1, -0.05) is 19.3 Å². The molecule has 0 aromatic rings. The zero-order valence-corrected chi connectivity index (χ0v) is 15.6. The minimum Gasteiger partial charge on any atom is -0.326 e. The van der Waals surface area contributed by atoms with Gasteiger partial charge in [0.15, 0.2) is 37.0 Å². The van der Waals surface area contributed by atoms with E-state index in [1.807, 2.05) is 0 Å². The van der Waals surface area contributed by atoms with Crippen molar-refractivity contribution in [3.63, 3.8) is 0 Å². The van der Waals surface area contributed by atoms with Crippen LogP contribution in [0.5, 0.6) is 0 Å².